The van der Waals surface area contributed by atoms with Crippen LogP contribution in [0.25, 0.3) is 128 Å². The number of aromatic nitrogens is 4. The van der Waals surface area contributed by atoms with E-state index in [0.29, 0.717) is 17.5 Å². The Labute approximate surface area is 361 Å². The summed E-state index contributed by atoms with van der Waals surface area (Å²) in [6, 6.07) is 71.5. The van der Waals surface area contributed by atoms with E-state index >= 15 is 0 Å². The van der Waals surface area contributed by atoms with Gasteiger partial charge in [-0.25, -0.2) is 15.0 Å². The zero-order chi connectivity index (χ0) is 41.4. The Morgan fingerprint density at radius 1 is 0.302 bits per heavy atom. The summed E-state index contributed by atoms with van der Waals surface area (Å²) in [4.78, 5) is 15.7. The molecule has 4 heterocycles. The molecule has 0 spiro atoms. The van der Waals surface area contributed by atoms with Gasteiger partial charge in [0.2, 0.25) is 0 Å². The van der Waals surface area contributed by atoms with Crippen molar-refractivity contribution in [3.05, 3.63) is 206 Å². The van der Waals surface area contributed by atoms with Crippen LogP contribution in [-0.4, -0.2) is 19.5 Å². The minimum absolute atomic E-state index is 0.565. The monoisotopic (exact) mass is 806 g/mol. The maximum Gasteiger partial charge on any atom is 0.164 e. The van der Waals surface area contributed by atoms with Gasteiger partial charge in [-0.2, -0.15) is 0 Å². The maximum absolute atomic E-state index is 6.62. The van der Waals surface area contributed by atoms with Gasteiger partial charge in [0, 0.05) is 54.7 Å². The first-order chi connectivity index (χ1) is 31.2. The first kappa shape index (κ1) is 35.2. The minimum Gasteiger partial charge on any atom is -0.456 e. The molecule has 0 bridgehead atoms. The number of hydrogen-bond donors (Lipinski definition) is 0. The Morgan fingerprint density at radius 2 is 0.873 bits per heavy atom. The molecule has 0 aliphatic rings. The van der Waals surface area contributed by atoms with Gasteiger partial charge in [-0.15, -0.1) is 0 Å². The fourth-order valence-electron chi connectivity index (χ4n) is 9.30. The topological polar surface area (TPSA) is 69.9 Å². The lowest BCUT2D eigenvalue weighted by molar-refractivity contribution is 0.669. The minimum atomic E-state index is 0.565. The Balaban J connectivity index is 1.04. The van der Waals surface area contributed by atoms with E-state index in [0.717, 1.165) is 110 Å². The first-order valence-electron chi connectivity index (χ1n) is 21.1. The van der Waals surface area contributed by atoms with Crippen molar-refractivity contribution in [3.8, 4) is 62.1 Å². The predicted octanol–water partition coefficient (Wildman–Crippen LogP) is 15.1. The van der Waals surface area contributed by atoms with Gasteiger partial charge in [-0.3, -0.25) is 0 Å². The second-order valence-electron chi connectivity index (χ2n) is 16.0. The van der Waals surface area contributed by atoms with E-state index in [1.165, 1.54) is 0 Å². The van der Waals surface area contributed by atoms with Gasteiger partial charge in [0.1, 0.15) is 22.3 Å². The molecule has 0 unspecified atom stereocenters. The summed E-state index contributed by atoms with van der Waals surface area (Å²) in [6.45, 7) is 0. The molecule has 0 amide bonds. The van der Waals surface area contributed by atoms with Crippen molar-refractivity contribution in [2.24, 2.45) is 0 Å². The molecule has 0 fully saturated rings. The highest BCUT2D eigenvalue weighted by atomic mass is 16.3. The Morgan fingerprint density at radius 3 is 1.62 bits per heavy atom. The van der Waals surface area contributed by atoms with Crippen LogP contribution in [0, 0.1) is 0 Å². The molecular formula is C57H34N4O2. The SMILES string of the molecule is c1ccc(-c2cc(-c3ccccc3)cc(-c3nc(-c4ccccc4)nc(-c4cccc5oc6ccc(-n7c8ccccc8c8cc9oc%10ccccc%10c9cc87)cc6c45)n3)c2)cc1. The highest BCUT2D eigenvalue weighted by Crippen LogP contribution is 2.42. The van der Waals surface area contributed by atoms with Crippen molar-refractivity contribution in [3.63, 3.8) is 0 Å². The van der Waals surface area contributed by atoms with Crippen LogP contribution in [0.5, 0.6) is 0 Å². The van der Waals surface area contributed by atoms with Crippen LogP contribution >= 0.6 is 0 Å². The fraction of sp³-hybridized carbons (Fsp3) is 0. The van der Waals surface area contributed by atoms with Gasteiger partial charge in [0.05, 0.1) is 11.0 Å². The molecule has 63 heavy (non-hydrogen) atoms. The van der Waals surface area contributed by atoms with Crippen molar-refractivity contribution in [2.75, 3.05) is 0 Å². The zero-order valence-corrected chi connectivity index (χ0v) is 33.7. The molecule has 0 atom stereocenters. The number of fused-ring (bicyclic) bond motifs is 9. The summed E-state index contributed by atoms with van der Waals surface area (Å²) in [5, 5.41) is 6.39. The summed E-state index contributed by atoms with van der Waals surface area (Å²) >= 11 is 0. The molecule has 0 aliphatic heterocycles. The van der Waals surface area contributed by atoms with Crippen LogP contribution < -0.4 is 0 Å². The molecule has 0 N–H and O–H groups in total. The number of rotatable bonds is 6. The molecule has 6 heteroatoms. The quantitative estimate of drug-likeness (QED) is 0.167. The molecule has 0 radical (unpaired) electrons. The molecule has 4 aromatic heterocycles. The van der Waals surface area contributed by atoms with E-state index in [9.17, 15) is 0 Å². The highest BCUT2D eigenvalue weighted by molar-refractivity contribution is 6.18. The van der Waals surface area contributed by atoms with Gasteiger partial charge in [-0.05, 0) is 89.0 Å². The number of hydrogen-bond acceptors (Lipinski definition) is 5. The fourth-order valence-corrected chi connectivity index (χ4v) is 9.30. The third-order valence-electron chi connectivity index (χ3n) is 12.2. The third-order valence-corrected chi connectivity index (χ3v) is 12.2. The molecule has 13 aromatic rings. The number of nitrogens with zero attached hydrogens (tertiary/aromatic N) is 4. The smallest absolute Gasteiger partial charge is 0.164 e. The van der Waals surface area contributed by atoms with Crippen LogP contribution in [0.4, 0.5) is 0 Å². The molecular weight excluding hydrogens is 773 g/mol. The van der Waals surface area contributed by atoms with Crippen molar-refractivity contribution in [1.29, 1.82) is 0 Å². The number of para-hydroxylation sites is 2. The number of benzene rings is 9. The first-order valence-corrected chi connectivity index (χ1v) is 21.1. The zero-order valence-electron chi connectivity index (χ0n) is 33.7. The summed E-state index contributed by atoms with van der Waals surface area (Å²) in [6.07, 6.45) is 0. The molecule has 9 aromatic carbocycles. The van der Waals surface area contributed by atoms with Crippen molar-refractivity contribution < 1.29 is 8.83 Å². The average molecular weight is 807 g/mol. The molecule has 0 aliphatic carbocycles. The average Bonchev–Trinajstić information content (AvgIpc) is 4.02. The predicted molar refractivity (Wildman–Crippen MR) is 256 cm³/mol. The number of furan rings is 2. The molecule has 0 saturated carbocycles. The van der Waals surface area contributed by atoms with E-state index < -0.39 is 0 Å². The van der Waals surface area contributed by atoms with Gasteiger partial charge in [0.15, 0.2) is 17.5 Å². The molecule has 6 nitrogen and oxygen atoms in total. The van der Waals surface area contributed by atoms with Crippen LogP contribution in [0.2, 0.25) is 0 Å². The summed E-state index contributed by atoms with van der Waals surface area (Å²) < 4.78 is 15.3. The second-order valence-corrected chi connectivity index (χ2v) is 16.0. The third kappa shape index (κ3) is 5.76. The summed E-state index contributed by atoms with van der Waals surface area (Å²) in [5.74, 6) is 1.74. The van der Waals surface area contributed by atoms with Crippen LogP contribution in [-0.2, 0) is 0 Å². The largest absolute Gasteiger partial charge is 0.456 e. The van der Waals surface area contributed by atoms with Crippen molar-refractivity contribution in [1.82, 2.24) is 19.5 Å². The Bertz CT molecular complexity index is 3850. The van der Waals surface area contributed by atoms with Gasteiger partial charge >= 0.3 is 0 Å². The van der Waals surface area contributed by atoms with Crippen LogP contribution in [0.15, 0.2) is 215 Å². The summed E-state index contributed by atoms with van der Waals surface area (Å²) in [7, 11) is 0. The lowest BCUT2D eigenvalue weighted by Gasteiger charge is -2.13. The van der Waals surface area contributed by atoms with E-state index in [4.69, 9.17) is 23.8 Å². The maximum atomic E-state index is 6.62. The van der Waals surface area contributed by atoms with Crippen LogP contribution in [0.1, 0.15) is 0 Å². The molecule has 13 rings (SSSR count). The lowest BCUT2D eigenvalue weighted by Crippen LogP contribution is -2.01. The standard InChI is InChI=1S/C57H34N4O2/c1-4-15-35(16-5-1)38-29-39(36-17-6-2-7-18-36)31-40(30-38)56-58-55(37-19-8-3-9-20-37)59-57(60-56)44-23-14-26-52-54(44)47-32-41(27-28-51(47)62-52)61-48-24-12-10-21-42(48)45-34-53-46(33-49(45)61)43-22-11-13-25-50(43)63-53/h1-34H. The van der Waals surface area contributed by atoms with Gasteiger partial charge < -0.3 is 13.4 Å². The van der Waals surface area contributed by atoms with Crippen molar-refractivity contribution >= 4 is 65.7 Å². The Kier molecular flexibility index (Phi) is 7.80. The van der Waals surface area contributed by atoms with Crippen molar-refractivity contribution in [2.45, 2.75) is 0 Å². The van der Waals surface area contributed by atoms with E-state index in [2.05, 4.69) is 144 Å². The van der Waals surface area contributed by atoms with E-state index in [-0.39, 0.29) is 0 Å². The second kappa shape index (κ2) is 14.0. The Hall–Kier alpha value is -8.61. The van der Waals surface area contributed by atoms with Crippen LogP contribution in [0.3, 0.4) is 0 Å². The van der Waals surface area contributed by atoms with E-state index in [1.807, 2.05) is 66.7 Å². The lowest BCUT2D eigenvalue weighted by atomic mass is 9.96. The highest BCUT2D eigenvalue weighted by Gasteiger charge is 2.21. The molecule has 294 valence electrons. The molecule has 0 saturated heterocycles. The van der Waals surface area contributed by atoms with Gasteiger partial charge in [0.25, 0.3) is 0 Å². The normalized spacial score (nSPS) is 11.8. The van der Waals surface area contributed by atoms with Gasteiger partial charge in [-0.1, -0.05) is 140 Å². The summed E-state index contributed by atoms with van der Waals surface area (Å²) in [5.41, 5.74) is 13.6. The van der Waals surface area contributed by atoms with E-state index in [1.54, 1.807) is 0 Å².